The number of nitrogens with zero attached hydrogens (tertiary/aromatic N) is 4. The predicted octanol–water partition coefficient (Wildman–Crippen LogP) is 6.05. The lowest BCUT2D eigenvalue weighted by Gasteiger charge is -2.19. The highest BCUT2D eigenvalue weighted by Gasteiger charge is 2.15. The van der Waals surface area contributed by atoms with Gasteiger partial charge in [-0.2, -0.15) is 0 Å². The number of amides is 1. The number of hydrogen-bond donors (Lipinski definition) is 3. The molecule has 262 valence electrons. The van der Waals surface area contributed by atoms with Crippen LogP contribution >= 0.6 is 21.6 Å². The molecule has 0 spiro atoms. The Hall–Kier alpha value is -3.83. The summed E-state index contributed by atoms with van der Waals surface area (Å²) in [6, 6.07) is 20.9. The Morgan fingerprint density at radius 1 is 0.878 bits per heavy atom. The number of carbonyl (C=O) groups is 1. The molecule has 0 fully saturated rings. The molecule has 3 aromatic rings. The molecule has 2 atom stereocenters. The quantitative estimate of drug-likeness (QED) is 0.0312. The third-order valence-electron chi connectivity index (χ3n) is 7.76. The topological polar surface area (TPSA) is 84.1 Å². The van der Waals surface area contributed by atoms with Crippen LogP contribution in [0.25, 0.3) is 18.2 Å². The smallest absolute Gasteiger partial charge is 0.241 e. The predicted molar refractivity (Wildman–Crippen MR) is 214 cm³/mol. The molecule has 0 aliphatic heterocycles. The van der Waals surface area contributed by atoms with Gasteiger partial charge in [-0.15, -0.1) is 6.58 Å². The standard InChI is InChI=1S/C39H52N6O2S2/c1-7-39(2,21-18-33-12-16-36(17-13-33)44(5)6)22-23-40-30-37(46)41-24-28-48-49-29-25-42-38(47)31-45-26-19-34(20-27-45)9-8-32-10-14-35(15-11-32)43(3)4/h7-21,23,26-27,38,42,47H,1,22,24-25,28-31H2,2-6H3/p+1/b21-18+,40-23+. The van der Waals surface area contributed by atoms with E-state index in [1.807, 2.05) is 69.6 Å². The maximum Gasteiger partial charge on any atom is 0.241 e. The molecular weight excluding hydrogens is 649 g/mol. The van der Waals surface area contributed by atoms with Crippen LogP contribution in [0.15, 0.2) is 96.8 Å². The van der Waals surface area contributed by atoms with Crippen molar-refractivity contribution in [3.05, 3.63) is 108 Å². The molecule has 2 unspecified atom stereocenters. The van der Waals surface area contributed by atoms with Crippen molar-refractivity contribution in [2.45, 2.75) is 26.1 Å². The number of pyridine rings is 1. The average molecular weight is 702 g/mol. The van der Waals surface area contributed by atoms with Crippen molar-refractivity contribution >= 4 is 63.3 Å². The number of benzene rings is 2. The lowest BCUT2D eigenvalue weighted by molar-refractivity contribution is -0.704. The van der Waals surface area contributed by atoms with Crippen molar-refractivity contribution < 1.29 is 14.5 Å². The first kappa shape index (κ1) is 39.6. The zero-order chi connectivity index (χ0) is 35.5. The summed E-state index contributed by atoms with van der Waals surface area (Å²) in [7, 11) is 11.6. The number of allylic oxidation sites excluding steroid dienone is 2. The summed E-state index contributed by atoms with van der Waals surface area (Å²) in [6.07, 6.45) is 16.1. The molecule has 49 heavy (non-hydrogen) atoms. The van der Waals surface area contributed by atoms with Crippen LogP contribution in [0.5, 0.6) is 0 Å². The minimum Gasteiger partial charge on any atom is -0.378 e. The van der Waals surface area contributed by atoms with Gasteiger partial charge in [0.2, 0.25) is 5.91 Å². The fourth-order valence-electron chi connectivity index (χ4n) is 4.51. The molecule has 0 saturated carbocycles. The molecule has 3 rings (SSSR count). The Morgan fingerprint density at radius 3 is 1.96 bits per heavy atom. The second-order valence-corrected chi connectivity index (χ2v) is 15.1. The second kappa shape index (κ2) is 21.3. The van der Waals surface area contributed by atoms with E-state index < -0.39 is 6.23 Å². The molecule has 0 saturated heterocycles. The molecule has 3 N–H and O–H groups in total. The molecule has 0 bridgehead atoms. The van der Waals surface area contributed by atoms with E-state index in [2.05, 4.69) is 112 Å². The van der Waals surface area contributed by atoms with Gasteiger partial charge in [0.25, 0.3) is 0 Å². The first-order valence-corrected chi connectivity index (χ1v) is 19.0. The Labute approximate surface area is 301 Å². The summed E-state index contributed by atoms with van der Waals surface area (Å²) in [5.74, 6) is 1.57. The fraction of sp³-hybridized carbons (Fsp3) is 0.359. The minimum atomic E-state index is -0.632. The van der Waals surface area contributed by atoms with E-state index in [1.165, 1.54) is 5.69 Å². The van der Waals surface area contributed by atoms with E-state index in [0.29, 0.717) is 26.1 Å². The highest BCUT2D eigenvalue weighted by atomic mass is 33.1. The van der Waals surface area contributed by atoms with E-state index in [1.54, 1.807) is 21.6 Å². The van der Waals surface area contributed by atoms with E-state index in [0.717, 1.165) is 33.9 Å². The molecule has 1 amide bonds. The number of anilines is 2. The first-order valence-electron chi connectivity index (χ1n) is 16.5. The number of carbonyl (C=O) groups excluding carboxylic acids is 1. The van der Waals surface area contributed by atoms with Crippen molar-refractivity contribution in [2.75, 3.05) is 69.1 Å². The van der Waals surface area contributed by atoms with Gasteiger partial charge in [0.15, 0.2) is 25.2 Å². The lowest BCUT2D eigenvalue weighted by Crippen LogP contribution is -2.45. The zero-order valence-corrected chi connectivity index (χ0v) is 31.2. The normalized spacial score (nSPS) is 13.5. The van der Waals surface area contributed by atoms with Crippen molar-refractivity contribution in [2.24, 2.45) is 10.4 Å². The van der Waals surface area contributed by atoms with Crippen LogP contribution in [0.1, 0.15) is 30.0 Å². The van der Waals surface area contributed by atoms with Crippen molar-refractivity contribution in [3.8, 4) is 0 Å². The number of aliphatic hydroxyl groups excluding tert-OH is 1. The van der Waals surface area contributed by atoms with E-state index in [4.69, 9.17) is 0 Å². The van der Waals surface area contributed by atoms with Crippen LogP contribution in [0, 0.1) is 5.41 Å². The van der Waals surface area contributed by atoms with Gasteiger partial charge >= 0.3 is 0 Å². The summed E-state index contributed by atoms with van der Waals surface area (Å²) in [5.41, 5.74) is 5.47. The number of aliphatic imine (C=N–C) groups is 1. The Balaban J connectivity index is 1.22. The highest BCUT2D eigenvalue weighted by Crippen LogP contribution is 2.25. The number of aromatic nitrogens is 1. The number of hydrogen-bond acceptors (Lipinski definition) is 8. The molecule has 0 radical (unpaired) electrons. The van der Waals surface area contributed by atoms with Crippen LogP contribution in [-0.2, 0) is 11.3 Å². The fourth-order valence-corrected chi connectivity index (χ4v) is 6.34. The summed E-state index contributed by atoms with van der Waals surface area (Å²) < 4.78 is 1.97. The highest BCUT2D eigenvalue weighted by molar-refractivity contribution is 8.76. The number of aliphatic hydroxyl groups is 1. The first-order chi connectivity index (χ1) is 23.6. The van der Waals surface area contributed by atoms with Crippen molar-refractivity contribution in [1.29, 1.82) is 0 Å². The van der Waals surface area contributed by atoms with Gasteiger partial charge in [0, 0.05) is 87.9 Å². The van der Waals surface area contributed by atoms with Gasteiger partial charge in [-0.25, -0.2) is 4.57 Å². The second-order valence-electron chi connectivity index (χ2n) is 12.4. The largest absolute Gasteiger partial charge is 0.378 e. The molecule has 0 aliphatic carbocycles. The number of nitrogens with one attached hydrogen (secondary N) is 2. The van der Waals surface area contributed by atoms with Crippen LogP contribution in [0.2, 0.25) is 0 Å². The van der Waals surface area contributed by atoms with E-state index >= 15 is 0 Å². The number of rotatable bonds is 21. The monoisotopic (exact) mass is 701 g/mol. The van der Waals surface area contributed by atoms with E-state index in [-0.39, 0.29) is 17.9 Å². The van der Waals surface area contributed by atoms with Crippen molar-refractivity contribution in [3.63, 3.8) is 0 Å². The average Bonchev–Trinajstić information content (AvgIpc) is 3.10. The van der Waals surface area contributed by atoms with Crippen LogP contribution < -0.4 is 25.0 Å². The molecular formula is C39H53N6O2S2+. The molecule has 1 aromatic heterocycles. The van der Waals surface area contributed by atoms with Gasteiger partial charge in [-0.1, -0.05) is 83.2 Å². The maximum absolute atomic E-state index is 12.2. The van der Waals surface area contributed by atoms with Crippen LogP contribution in [0.3, 0.4) is 0 Å². The Kier molecular flexibility index (Phi) is 17.2. The third kappa shape index (κ3) is 15.5. The molecule has 10 heteroatoms. The summed E-state index contributed by atoms with van der Waals surface area (Å²) in [4.78, 5) is 20.7. The van der Waals surface area contributed by atoms with Crippen molar-refractivity contribution in [1.82, 2.24) is 10.6 Å². The molecule has 0 aliphatic rings. The lowest BCUT2D eigenvalue weighted by atomic mass is 9.86. The Bertz CT molecular complexity index is 1510. The van der Waals surface area contributed by atoms with E-state index in [9.17, 15) is 9.90 Å². The van der Waals surface area contributed by atoms with Gasteiger partial charge in [-0.3, -0.25) is 15.1 Å². The Morgan fingerprint density at radius 2 is 1.41 bits per heavy atom. The van der Waals surface area contributed by atoms with Gasteiger partial charge in [-0.05, 0) is 47.4 Å². The summed E-state index contributed by atoms with van der Waals surface area (Å²) >= 11 is 0. The zero-order valence-electron chi connectivity index (χ0n) is 29.6. The summed E-state index contributed by atoms with van der Waals surface area (Å²) in [5, 5.41) is 16.5. The summed E-state index contributed by atoms with van der Waals surface area (Å²) in [6.45, 7) is 7.96. The van der Waals surface area contributed by atoms with Gasteiger partial charge in [0.05, 0.1) is 0 Å². The minimum absolute atomic E-state index is 0.0834. The maximum atomic E-state index is 12.2. The molecule has 2 aromatic carbocycles. The SMILES string of the molecule is C=CC(C)(/C=C/c1ccc(N(C)C)cc1)C/C=N/CC(=O)NCCSSCCNC(O)C[n+]1ccc(/C=C/c2ccc(N(C)C)cc2)cc1. The van der Waals surface area contributed by atoms with Gasteiger partial charge < -0.3 is 20.2 Å². The molecule has 8 nitrogen and oxygen atoms in total. The molecule has 1 heterocycles. The van der Waals surface area contributed by atoms with Crippen LogP contribution in [-0.4, -0.2) is 82.8 Å². The van der Waals surface area contributed by atoms with Gasteiger partial charge in [0.1, 0.15) is 6.54 Å². The van der Waals surface area contributed by atoms with Crippen LogP contribution in [0.4, 0.5) is 11.4 Å². The third-order valence-corrected chi connectivity index (χ3v) is 10.2.